The first-order valence-corrected chi connectivity index (χ1v) is 7.22. The van der Waals surface area contributed by atoms with Crippen molar-refractivity contribution in [2.45, 2.75) is 19.0 Å². The Morgan fingerprint density at radius 1 is 1.05 bits per heavy atom. The Kier molecular flexibility index (Phi) is 4.25. The van der Waals surface area contributed by atoms with Crippen molar-refractivity contribution in [1.82, 2.24) is 0 Å². The molecule has 100 valence electrons. The van der Waals surface area contributed by atoms with Crippen LogP contribution in [-0.4, -0.2) is 19.3 Å². The van der Waals surface area contributed by atoms with E-state index in [1.807, 2.05) is 36.4 Å². The Morgan fingerprint density at radius 2 is 1.84 bits per heavy atom. The van der Waals surface area contributed by atoms with Crippen molar-refractivity contribution in [3.8, 4) is 0 Å². The molecule has 0 bridgehead atoms. The minimum atomic E-state index is -0.261. The topological polar surface area (TPSA) is 27.7 Å². The molecule has 3 rings (SSSR count). The summed E-state index contributed by atoms with van der Waals surface area (Å²) in [7, 11) is 0. The van der Waals surface area contributed by atoms with Gasteiger partial charge < -0.3 is 14.2 Å². The van der Waals surface area contributed by atoms with Gasteiger partial charge in [-0.1, -0.05) is 36.4 Å². The van der Waals surface area contributed by atoms with Gasteiger partial charge in [0.15, 0.2) is 6.29 Å². The maximum absolute atomic E-state index is 5.77. The molecule has 2 aromatic rings. The molecule has 2 heterocycles. The second-order valence-electron chi connectivity index (χ2n) is 4.42. The van der Waals surface area contributed by atoms with Gasteiger partial charge in [0.25, 0.3) is 0 Å². The monoisotopic (exact) mass is 276 g/mol. The molecule has 1 aromatic heterocycles. The molecule has 0 spiro atoms. The normalized spacial score (nSPS) is 23.4. The summed E-state index contributed by atoms with van der Waals surface area (Å²) in [5.41, 5.74) is 1.05. The third-order valence-electron chi connectivity index (χ3n) is 2.98. The molecule has 0 atom stereocenters. The van der Waals surface area contributed by atoms with E-state index in [1.165, 1.54) is 4.88 Å². The molecule has 1 aliphatic heterocycles. The third kappa shape index (κ3) is 3.42. The molecule has 0 N–H and O–H groups in total. The predicted molar refractivity (Wildman–Crippen MR) is 74.0 cm³/mol. The molecular formula is C15H16O3S. The first-order valence-electron chi connectivity index (χ1n) is 6.34. The Bertz CT molecular complexity index is 475. The first-order chi connectivity index (χ1) is 9.42. The van der Waals surface area contributed by atoms with Crippen LogP contribution >= 0.6 is 11.3 Å². The molecule has 0 aliphatic carbocycles. The SMILES string of the molecule is c1ccc([C@H]2OC[C@@H](OCc3cccs3)CO2)cc1. The molecule has 3 nitrogen and oxygen atoms in total. The lowest BCUT2D eigenvalue weighted by Gasteiger charge is -2.29. The fourth-order valence-electron chi connectivity index (χ4n) is 1.98. The van der Waals surface area contributed by atoms with Crippen molar-refractivity contribution < 1.29 is 14.2 Å². The summed E-state index contributed by atoms with van der Waals surface area (Å²) in [4.78, 5) is 1.23. The van der Waals surface area contributed by atoms with Gasteiger partial charge in [0.05, 0.1) is 19.8 Å². The highest BCUT2D eigenvalue weighted by atomic mass is 32.1. The van der Waals surface area contributed by atoms with Crippen molar-refractivity contribution >= 4 is 11.3 Å². The molecule has 0 saturated carbocycles. The van der Waals surface area contributed by atoms with E-state index >= 15 is 0 Å². The van der Waals surface area contributed by atoms with Crippen LogP contribution in [0.4, 0.5) is 0 Å². The van der Waals surface area contributed by atoms with Crippen LogP contribution in [0.2, 0.25) is 0 Å². The highest BCUT2D eigenvalue weighted by molar-refractivity contribution is 7.09. The Balaban J connectivity index is 1.47. The van der Waals surface area contributed by atoms with E-state index in [0.717, 1.165) is 5.56 Å². The maximum Gasteiger partial charge on any atom is 0.184 e. The zero-order chi connectivity index (χ0) is 12.9. The quantitative estimate of drug-likeness (QED) is 0.857. The standard InChI is InChI=1S/C15H16O3S/c1-2-5-12(6-3-1)15-17-9-13(10-18-15)16-11-14-7-4-8-19-14/h1-8,13,15H,9-11H2/t13-,15+. The van der Waals surface area contributed by atoms with Gasteiger partial charge in [-0.3, -0.25) is 0 Å². The number of hydrogen-bond donors (Lipinski definition) is 0. The summed E-state index contributed by atoms with van der Waals surface area (Å²) in [6.45, 7) is 1.78. The number of rotatable bonds is 4. The first kappa shape index (κ1) is 12.8. The van der Waals surface area contributed by atoms with E-state index < -0.39 is 0 Å². The van der Waals surface area contributed by atoms with E-state index in [-0.39, 0.29) is 12.4 Å². The van der Waals surface area contributed by atoms with E-state index in [0.29, 0.717) is 19.8 Å². The summed E-state index contributed by atoms with van der Waals surface area (Å²) < 4.78 is 17.2. The van der Waals surface area contributed by atoms with Crippen molar-refractivity contribution in [1.29, 1.82) is 0 Å². The van der Waals surface area contributed by atoms with Crippen LogP contribution in [-0.2, 0) is 20.8 Å². The van der Waals surface area contributed by atoms with E-state index in [9.17, 15) is 0 Å². The number of hydrogen-bond acceptors (Lipinski definition) is 4. The molecule has 1 aromatic carbocycles. The number of benzene rings is 1. The van der Waals surface area contributed by atoms with Crippen molar-refractivity contribution in [3.05, 3.63) is 58.3 Å². The van der Waals surface area contributed by atoms with Crippen molar-refractivity contribution in [2.24, 2.45) is 0 Å². The van der Waals surface area contributed by atoms with E-state index in [4.69, 9.17) is 14.2 Å². The number of ether oxygens (including phenoxy) is 3. The maximum atomic E-state index is 5.77. The summed E-state index contributed by atoms with van der Waals surface area (Å²) in [5.74, 6) is 0. The van der Waals surface area contributed by atoms with Crippen LogP contribution in [0.1, 0.15) is 16.7 Å². The average Bonchev–Trinajstić information content (AvgIpc) is 3.00. The summed E-state index contributed by atoms with van der Waals surface area (Å²) in [6.07, 6.45) is -0.246. The fourth-order valence-corrected chi connectivity index (χ4v) is 2.60. The Hall–Kier alpha value is -1.20. The second kappa shape index (κ2) is 6.30. The molecule has 19 heavy (non-hydrogen) atoms. The smallest absolute Gasteiger partial charge is 0.184 e. The van der Waals surface area contributed by atoms with Crippen LogP contribution in [0.5, 0.6) is 0 Å². The zero-order valence-corrected chi connectivity index (χ0v) is 11.3. The third-order valence-corrected chi connectivity index (χ3v) is 3.83. The minimum absolute atomic E-state index is 0.0158. The highest BCUT2D eigenvalue weighted by Crippen LogP contribution is 2.24. The summed E-state index contributed by atoms with van der Waals surface area (Å²) in [6, 6.07) is 14.1. The van der Waals surface area contributed by atoms with Gasteiger partial charge in [-0.2, -0.15) is 0 Å². The second-order valence-corrected chi connectivity index (χ2v) is 5.45. The fraction of sp³-hybridized carbons (Fsp3) is 0.333. The van der Waals surface area contributed by atoms with Gasteiger partial charge in [-0.25, -0.2) is 0 Å². The van der Waals surface area contributed by atoms with Crippen LogP contribution in [0.3, 0.4) is 0 Å². The lowest BCUT2D eigenvalue weighted by Crippen LogP contribution is -2.33. The van der Waals surface area contributed by atoms with E-state index in [1.54, 1.807) is 11.3 Å². The predicted octanol–water partition coefficient (Wildman–Crippen LogP) is 3.38. The molecule has 0 amide bonds. The number of thiophene rings is 1. The molecule has 0 radical (unpaired) electrons. The van der Waals surface area contributed by atoms with Gasteiger partial charge >= 0.3 is 0 Å². The zero-order valence-electron chi connectivity index (χ0n) is 10.5. The molecule has 1 saturated heterocycles. The molecule has 4 heteroatoms. The van der Waals surface area contributed by atoms with E-state index in [2.05, 4.69) is 11.4 Å². The molecule has 0 unspecified atom stereocenters. The summed E-state index contributed by atoms with van der Waals surface area (Å²) >= 11 is 1.70. The minimum Gasteiger partial charge on any atom is -0.368 e. The van der Waals surface area contributed by atoms with Gasteiger partial charge in [-0.05, 0) is 11.4 Å². The lowest BCUT2D eigenvalue weighted by atomic mass is 10.2. The van der Waals surface area contributed by atoms with Gasteiger partial charge in [0.2, 0.25) is 0 Å². The molecule has 1 fully saturated rings. The van der Waals surface area contributed by atoms with Crippen LogP contribution < -0.4 is 0 Å². The largest absolute Gasteiger partial charge is 0.368 e. The van der Waals surface area contributed by atoms with Gasteiger partial charge in [0.1, 0.15) is 6.10 Å². The van der Waals surface area contributed by atoms with Gasteiger partial charge in [-0.15, -0.1) is 11.3 Å². The lowest BCUT2D eigenvalue weighted by molar-refractivity contribution is -0.232. The van der Waals surface area contributed by atoms with Crippen LogP contribution in [0, 0.1) is 0 Å². The molecular weight excluding hydrogens is 260 g/mol. The van der Waals surface area contributed by atoms with Crippen LogP contribution in [0.25, 0.3) is 0 Å². The Morgan fingerprint density at radius 3 is 2.53 bits per heavy atom. The highest BCUT2D eigenvalue weighted by Gasteiger charge is 2.23. The Labute approximate surface area is 116 Å². The van der Waals surface area contributed by atoms with Gasteiger partial charge in [0, 0.05) is 10.4 Å². The molecule has 1 aliphatic rings. The van der Waals surface area contributed by atoms with Crippen molar-refractivity contribution in [3.63, 3.8) is 0 Å². The van der Waals surface area contributed by atoms with Crippen molar-refractivity contribution in [2.75, 3.05) is 13.2 Å². The summed E-state index contributed by atoms with van der Waals surface area (Å²) in [5, 5.41) is 2.05. The van der Waals surface area contributed by atoms with Crippen LogP contribution in [0.15, 0.2) is 47.8 Å². The average molecular weight is 276 g/mol.